The lowest BCUT2D eigenvalue weighted by molar-refractivity contribution is -0.137. The topological polar surface area (TPSA) is 63.6 Å². The Morgan fingerprint density at radius 3 is 2.58 bits per heavy atom. The fourth-order valence-corrected chi connectivity index (χ4v) is 3.34. The zero-order chi connectivity index (χ0) is 18.4. The molecule has 1 aliphatic rings. The van der Waals surface area contributed by atoms with E-state index in [0.717, 1.165) is 55.2 Å². The third-order valence-corrected chi connectivity index (χ3v) is 4.79. The molecule has 0 atom stereocenters. The molecule has 0 radical (unpaired) electrons. The first-order valence-corrected chi connectivity index (χ1v) is 9.25. The van der Waals surface area contributed by atoms with Gasteiger partial charge in [0.05, 0.1) is 5.56 Å². The molecule has 4 heteroatoms. The highest BCUT2D eigenvalue weighted by Crippen LogP contribution is 2.29. The number of carbonyl (C=O) groups is 2. The van der Waals surface area contributed by atoms with E-state index in [0.29, 0.717) is 17.9 Å². The zero-order valence-corrected chi connectivity index (χ0v) is 14.9. The maximum Gasteiger partial charge on any atom is 0.303 e. The van der Waals surface area contributed by atoms with Crippen LogP contribution in [0.4, 0.5) is 0 Å². The molecule has 0 bridgehead atoms. The van der Waals surface area contributed by atoms with Crippen molar-refractivity contribution in [3.63, 3.8) is 0 Å². The minimum Gasteiger partial charge on any atom is -0.488 e. The standard InChI is InChI=1S/C22H24O4/c23-21(24)11-5-3-1-2-4-8-16-12-13-20-19(14-16)22(25)18-10-7-6-9-17(18)15-26-20/h6-7,9-10,12-14H,1-5,8,11,15H2,(H,23,24). The SMILES string of the molecule is O=C(O)CCCCCCCc1ccc2c(c1)C(=O)c1ccccc1CO2. The summed E-state index contributed by atoms with van der Waals surface area (Å²) in [6.45, 7) is 0.421. The van der Waals surface area contributed by atoms with Gasteiger partial charge in [0.1, 0.15) is 12.4 Å². The van der Waals surface area contributed by atoms with E-state index in [9.17, 15) is 9.59 Å². The normalized spacial score (nSPS) is 12.7. The number of benzene rings is 2. The number of ketones is 1. The maximum atomic E-state index is 12.9. The lowest BCUT2D eigenvalue weighted by atomic mass is 9.96. The number of carboxylic acids is 1. The molecular weight excluding hydrogens is 328 g/mol. The van der Waals surface area contributed by atoms with Crippen LogP contribution in [0, 0.1) is 0 Å². The Labute approximate surface area is 153 Å². The van der Waals surface area contributed by atoms with Gasteiger partial charge in [0.25, 0.3) is 0 Å². The summed E-state index contributed by atoms with van der Waals surface area (Å²) in [6, 6.07) is 13.5. The minimum absolute atomic E-state index is 0.0311. The number of carbonyl (C=O) groups excluding carboxylic acids is 1. The molecule has 0 aliphatic carbocycles. The molecule has 1 heterocycles. The molecular formula is C22H24O4. The molecule has 0 spiro atoms. The van der Waals surface area contributed by atoms with Gasteiger partial charge in [0.2, 0.25) is 0 Å². The van der Waals surface area contributed by atoms with E-state index in [1.54, 1.807) is 0 Å². The number of rotatable bonds is 8. The minimum atomic E-state index is -0.719. The first-order valence-electron chi connectivity index (χ1n) is 9.25. The van der Waals surface area contributed by atoms with E-state index in [1.807, 2.05) is 42.5 Å². The van der Waals surface area contributed by atoms with Crippen molar-refractivity contribution in [3.05, 3.63) is 64.7 Å². The van der Waals surface area contributed by atoms with Crippen LogP contribution in [0.2, 0.25) is 0 Å². The van der Waals surface area contributed by atoms with Crippen molar-refractivity contribution >= 4 is 11.8 Å². The number of unbranched alkanes of at least 4 members (excludes halogenated alkanes) is 4. The quantitative estimate of drug-likeness (QED) is 0.695. The number of carboxylic acid groups (broad SMARTS) is 1. The second-order valence-corrected chi connectivity index (χ2v) is 6.77. The molecule has 2 aromatic carbocycles. The fraction of sp³-hybridized carbons (Fsp3) is 0.364. The van der Waals surface area contributed by atoms with Gasteiger partial charge in [-0.2, -0.15) is 0 Å². The van der Waals surface area contributed by atoms with E-state index >= 15 is 0 Å². The summed E-state index contributed by atoms with van der Waals surface area (Å²) in [5.74, 6) is -0.0318. The molecule has 1 N–H and O–H groups in total. The molecule has 0 saturated carbocycles. The van der Waals surface area contributed by atoms with Gasteiger partial charge in [-0.25, -0.2) is 0 Å². The van der Waals surface area contributed by atoms with Crippen molar-refractivity contribution in [2.45, 2.75) is 51.6 Å². The monoisotopic (exact) mass is 352 g/mol. The van der Waals surface area contributed by atoms with Crippen molar-refractivity contribution in [3.8, 4) is 5.75 Å². The molecule has 26 heavy (non-hydrogen) atoms. The Bertz CT molecular complexity index is 794. The highest BCUT2D eigenvalue weighted by Gasteiger charge is 2.22. The van der Waals surface area contributed by atoms with Gasteiger partial charge in [-0.15, -0.1) is 0 Å². The van der Waals surface area contributed by atoms with Crippen molar-refractivity contribution in [1.29, 1.82) is 0 Å². The number of hydrogen-bond donors (Lipinski definition) is 1. The van der Waals surface area contributed by atoms with Crippen LogP contribution in [-0.4, -0.2) is 16.9 Å². The van der Waals surface area contributed by atoms with Gasteiger partial charge in [-0.05, 0) is 37.0 Å². The van der Waals surface area contributed by atoms with E-state index < -0.39 is 5.97 Å². The van der Waals surface area contributed by atoms with Crippen LogP contribution >= 0.6 is 0 Å². The molecule has 3 rings (SSSR count). The van der Waals surface area contributed by atoms with Crippen LogP contribution in [-0.2, 0) is 17.8 Å². The molecule has 136 valence electrons. The molecule has 0 saturated heterocycles. The largest absolute Gasteiger partial charge is 0.488 e. The fourth-order valence-electron chi connectivity index (χ4n) is 3.34. The van der Waals surface area contributed by atoms with Crippen LogP contribution in [0.1, 0.15) is 65.6 Å². The van der Waals surface area contributed by atoms with Gasteiger partial charge < -0.3 is 9.84 Å². The van der Waals surface area contributed by atoms with E-state index in [-0.39, 0.29) is 12.2 Å². The zero-order valence-electron chi connectivity index (χ0n) is 14.9. The maximum absolute atomic E-state index is 12.9. The Morgan fingerprint density at radius 1 is 0.962 bits per heavy atom. The summed E-state index contributed by atoms with van der Waals surface area (Å²) in [7, 11) is 0. The lowest BCUT2D eigenvalue weighted by Crippen LogP contribution is -2.03. The molecule has 1 aliphatic heterocycles. The predicted molar refractivity (Wildman–Crippen MR) is 99.7 cm³/mol. The van der Waals surface area contributed by atoms with Crippen molar-refractivity contribution in [2.75, 3.05) is 0 Å². The molecule has 0 aromatic heterocycles. The van der Waals surface area contributed by atoms with E-state index in [1.165, 1.54) is 0 Å². The number of ether oxygens (including phenoxy) is 1. The number of aryl methyl sites for hydroxylation is 1. The van der Waals surface area contributed by atoms with Gasteiger partial charge >= 0.3 is 5.97 Å². The van der Waals surface area contributed by atoms with Crippen LogP contribution in [0.5, 0.6) is 5.75 Å². The second-order valence-electron chi connectivity index (χ2n) is 6.77. The van der Waals surface area contributed by atoms with Gasteiger partial charge in [-0.3, -0.25) is 9.59 Å². The number of fused-ring (bicyclic) bond motifs is 2. The summed E-state index contributed by atoms with van der Waals surface area (Å²) in [5, 5.41) is 8.63. The van der Waals surface area contributed by atoms with Crippen LogP contribution in [0.15, 0.2) is 42.5 Å². The van der Waals surface area contributed by atoms with Crippen LogP contribution < -0.4 is 4.74 Å². The average Bonchev–Trinajstić information content (AvgIpc) is 2.78. The smallest absolute Gasteiger partial charge is 0.303 e. The molecule has 2 aromatic rings. The summed E-state index contributed by atoms with van der Waals surface area (Å²) in [6.07, 6.45) is 6.05. The van der Waals surface area contributed by atoms with Crippen molar-refractivity contribution in [1.82, 2.24) is 0 Å². The van der Waals surface area contributed by atoms with Gasteiger partial charge in [0.15, 0.2) is 5.78 Å². The van der Waals surface area contributed by atoms with Crippen molar-refractivity contribution in [2.24, 2.45) is 0 Å². The number of hydrogen-bond acceptors (Lipinski definition) is 3. The molecule has 0 amide bonds. The number of aliphatic carboxylic acids is 1. The Kier molecular flexibility index (Phi) is 6.05. The summed E-state index contributed by atoms with van der Waals surface area (Å²) in [5.41, 5.74) is 3.44. The molecule has 0 fully saturated rings. The summed E-state index contributed by atoms with van der Waals surface area (Å²) < 4.78 is 5.82. The average molecular weight is 352 g/mol. The lowest BCUT2D eigenvalue weighted by Gasteiger charge is -2.09. The Morgan fingerprint density at radius 2 is 1.73 bits per heavy atom. The molecule has 0 unspecified atom stereocenters. The first kappa shape index (κ1) is 18.2. The second kappa shape index (κ2) is 8.65. The van der Waals surface area contributed by atoms with Crippen molar-refractivity contribution < 1.29 is 19.4 Å². The highest BCUT2D eigenvalue weighted by molar-refractivity contribution is 6.12. The molecule has 4 nitrogen and oxygen atoms in total. The summed E-state index contributed by atoms with van der Waals surface area (Å²) >= 11 is 0. The van der Waals surface area contributed by atoms with E-state index in [2.05, 4.69) is 0 Å². The Hall–Kier alpha value is -2.62. The van der Waals surface area contributed by atoms with Crippen LogP contribution in [0.3, 0.4) is 0 Å². The predicted octanol–water partition coefficient (Wildman–Crippen LogP) is 4.78. The third kappa shape index (κ3) is 4.51. The van der Waals surface area contributed by atoms with Gasteiger partial charge in [-0.1, -0.05) is 49.6 Å². The van der Waals surface area contributed by atoms with Crippen LogP contribution in [0.25, 0.3) is 0 Å². The first-order chi connectivity index (χ1) is 12.6. The Balaban J connectivity index is 1.58. The van der Waals surface area contributed by atoms with Gasteiger partial charge in [0, 0.05) is 17.5 Å². The third-order valence-electron chi connectivity index (χ3n) is 4.79. The van der Waals surface area contributed by atoms with E-state index in [4.69, 9.17) is 9.84 Å². The summed E-state index contributed by atoms with van der Waals surface area (Å²) in [4.78, 5) is 23.3. The highest BCUT2D eigenvalue weighted by atomic mass is 16.5.